The number of ether oxygens (including phenoxy) is 2. The summed E-state index contributed by atoms with van der Waals surface area (Å²) in [7, 11) is 1.61. The molecule has 0 bridgehead atoms. The van der Waals surface area contributed by atoms with Crippen molar-refractivity contribution >= 4 is 23.5 Å². The van der Waals surface area contributed by atoms with E-state index in [1.54, 1.807) is 24.9 Å². The number of hydrogen-bond donors (Lipinski definition) is 2. The van der Waals surface area contributed by atoms with Gasteiger partial charge in [-0.1, -0.05) is 0 Å². The van der Waals surface area contributed by atoms with Crippen LogP contribution in [0.4, 0.5) is 10.5 Å². The normalized spacial score (nSPS) is 18.6. The smallest absolute Gasteiger partial charge is 0.407 e. The summed E-state index contributed by atoms with van der Waals surface area (Å²) in [6.07, 6.45) is -0.436. The van der Waals surface area contributed by atoms with Gasteiger partial charge in [0.15, 0.2) is 0 Å². The number of anilines is 1. The van der Waals surface area contributed by atoms with Gasteiger partial charge in [-0.3, -0.25) is 0 Å². The van der Waals surface area contributed by atoms with Crippen molar-refractivity contribution in [1.82, 2.24) is 5.32 Å². The lowest BCUT2D eigenvalue weighted by molar-refractivity contribution is 0.150. The Morgan fingerprint density at radius 1 is 1.65 bits per heavy atom. The summed E-state index contributed by atoms with van der Waals surface area (Å²) in [6, 6.07) is 5.51. The van der Waals surface area contributed by atoms with Gasteiger partial charge in [0.05, 0.1) is 13.7 Å². The number of benzene rings is 1. The van der Waals surface area contributed by atoms with Crippen LogP contribution >= 0.6 is 11.8 Å². The monoisotopic (exact) mass is 254 g/mol. The molecule has 92 valence electrons. The second-order valence-corrected chi connectivity index (χ2v) is 4.69. The maximum absolute atomic E-state index is 10.8. The van der Waals surface area contributed by atoms with Crippen molar-refractivity contribution in [3.8, 4) is 5.75 Å². The molecule has 0 aliphatic carbocycles. The summed E-state index contributed by atoms with van der Waals surface area (Å²) in [5.74, 6) is 1.44. The predicted molar refractivity (Wildman–Crippen MR) is 66.4 cm³/mol. The first kappa shape index (κ1) is 11.9. The highest BCUT2D eigenvalue weighted by molar-refractivity contribution is 7.99. The van der Waals surface area contributed by atoms with Gasteiger partial charge in [-0.05, 0) is 12.1 Å². The molecular formula is C11H14N2O3S. The van der Waals surface area contributed by atoms with Crippen LogP contribution in [0.15, 0.2) is 23.1 Å². The van der Waals surface area contributed by atoms with Crippen molar-refractivity contribution in [2.45, 2.75) is 11.0 Å². The molecule has 0 aromatic heterocycles. The topological polar surface area (TPSA) is 73.6 Å². The van der Waals surface area contributed by atoms with Crippen molar-refractivity contribution in [2.24, 2.45) is 0 Å². The van der Waals surface area contributed by atoms with E-state index in [1.807, 2.05) is 12.1 Å². The number of thioether (sulfide) groups is 1. The quantitative estimate of drug-likeness (QED) is 0.629. The highest BCUT2D eigenvalue weighted by atomic mass is 32.2. The van der Waals surface area contributed by atoms with Crippen LogP contribution in [0, 0.1) is 0 Å². The first-order chi connectivity index (χ1) is 8.19. The second kappa shape index (κ2) is 5.18. The number of amides is 1. The molecule has 0 radical (unpaired) electrons. The van der Waals surface area contributed by atoms with Crippen LogP contribution < -0.4 is 15.8 Å². The van der Waals surface area contributed by atoms with E-state index in [0.717, 1.165) is 10.6 Å². The summed E-state index contributed by atoms with van der Waals surface area (Å²) < 4.78 is 10.3. The summed E-state index contributed by atoms with van der Waals surface area (Å²) >= 11 is 1.58. The summed E-state index contributed by atoms with van der Waals surface area (Å²) in [5.41, 5.74) is 6.34. The lowest BCUT2D eigenvalue weighted by Crippen LogP contribution is -2.16. The summed E-state index contributed by atoms with van der Waals surface area (Å²) in [5, 5.41) is 2.62. The number of nitrogens with two attached hydrogens (primary N) is 1. The molecule has 0 spiro atoms. The van der Waals surface area contributed by atoms with Gasteiger partial charge in [0.2, 0.25) is 0 Å². The third-order valence-electron chi connectivity index (χ3n) is 2.36. The van der Waals surface area contributed by atoms with E-state index >= 15 is 0 Å². The number of nitrogen functional groups attached to an aromatic ring is 1. The Labute approximate surface area is 104 Å². The fourth-order valence-corrected chi connectivity index (χ4v) is 2.51. The van der Waals surface area contributed by atoms with Crippen LogP contribution in [0.3, 0.4) is 0 Å². The van der Waals surface area contributed by atoms with Gasteiger partial charge >= 0.3 is 6.09 Å². The Kier molecular flexibility index (Phi) is 3.63. The zero-order valence-electron chi connectivity index (χ0n) is 9.43. The molecule has 1 saturated heterocycles. The number of rotatable bonds is 4. The molecule has 1 amide bonds. The van der Waals surface area contributed by atoms with Crippen LogP contribution in [-0.2, 0) is 4.74 Å². The Balaban J connectivity index is 1.96. The molecular weight excluding hydrogens is 240 g/mol. The highest BCUT2D eigenvalue weighted by Crippen LogP contribution is 2.31. The van der Waals surface area contributed by atoms with Gasteiger partial charge < -0.3 is 20.5 Å². The number of nitrogens with one attached hydrogen (secondary N) is 1. The zero-order chi connectivity index (χ0) is 12.3. The maximum atomic E-state index is 10.8. The van der Waals surface area contributed by atoms with E-state index in [0.29, 0.717) is 18.0 Å². The molecule has 3 N–H and O–H groups in total. The fourth-order valence-electron chi connectivity index (χ4n) is 1.51. The molecule has 1 aromatic carbocycles. The van der Waals surface area contributed by atoms with Crippen molar-refractivity contribution < 1.29 is 14.3 Å². The highest BCUT2D eigenvalue weighted by Gasteiger charge is 2.22. The van der Waals surface area contributed by atoms with Crippen molar-refractivity contribution in [3.05, 3.63) is 18.2 Å². The largest absolute Gasteiger partial charge is 0.496 e. The minimum absolute atomic E-state index is 0.0882. The average molecular weight is 254 g/mol. The minimum atomic E-state index is -0.347. The number of carbonyl (C=O) groups is 1. The number of methoxy groups -OCH3 is 1. The van der Waals surface area contributed by atoms with E-state index in [1.165, 1.54) is 0 Å². The lowest BCUT2D eigenvalue weighted by Gasteiger charge is -2.11. The van der Waals surface area contributed by atoms with Crippen molar-refractivity contribution in [1.29, 1.82) is 0 Å². The van der Waals surface area contributed by atoms with Crippen LogP contribution in [-0.4, -0.2) is 31.6 Å². The van der Waals surface area contributed by atoms with E-state index in [4.69, 9.17) is 15.2 Å². The molecule has 1 fully saturated rings. The molecule has 6 heteroatoms. The first-order valence-corrected chi connectivity index (χ1v) is 6.18. The average Bonchev–Trinajstić information content (AvgIpc) is 2.73. The molecule has 1 unspecified atom stereocenters. The van der Waals surface area contributed by atoms with Crippen LogP contribution in [0.2, 0.25) is 0 Å². The Morgan fingerprint density at radius 3 is 3.12 bits per heavy atom. The van der Waals surface area contributed by atoms with E-state index in [2.05, 4.69) is 5.32 Å². The third-order valence-corrected chi connectivity index (χ3v) is 3.55. The van der Waals surface area contributed by atoms with E-state index in [9.17, 15) is 4.79 Å². The number of alkyl carbamates (subject to hydrolysis) is 1. The zero-order valence-corrected chi connectivity index (χ0v) is 10.3. The summed E-state index contributed by atoms with van der Waals surface area (Å²) in [4.78, 5) is 11.8. The fraction of sp³-hybridized carbons (Fsp3) is 0.364. The third kappa shape index (κ3) is 2.97. The van der Waals surface area contributed by atoms with Gasteiger partial charge in [0.1, 0.15) is 11.9 Å². The predicted octanol–water partition coefficient (Wildman–Crippen LogP) is 1.48. The van der Waals surface area contributed by atoms with E-state index < -0.39 is 0 Å². The molecule has 17 heavy (non-hydrogen) atoms. The van der Waals surface area contributed by atoms with Crippen LogP contribution in [0.5, 0.6) is 5.75 Å². The number of cyclic esters (lactones) is 1. The van der Waals surface area contributed by atoms with Gasteiger partial charge in [0.25, 0.3) is 0 Å². The molecule has 0 saturated carbocycles. The van der Waals surface area contributed by atoms with Crippen molar-refractivity contribution in [3.63, 3.8) is 0 Å². The van der Waals surface area contributed by atoms with Gasteiger partial charge in [-0.15, -0.1) is 11.8 Å². The SMILES string of the molecule is COc1cc(N)ccc1SCC1CNC(=O)O1. The standard InChI is InChI=1S/C11H14N2O3S/c1-15-9-4-7(12)2-3-10(9)17-6-8-5-13-11(14)16-8/h2-4,8H,5-6,12H2,1H3,(H,13,14). The molecule has 1 aromatic rings. The number of carbonyl (C=O) groups excluding carboxylic acids is 1. The van der Waals surface area contributed by atoms with Crippen molar-refractivity contribution in [2.75, 3.05) is 25.1 Å². The Hall–Kier alpha value is -1.56. The molecule has 1 aliphatic rings. The molecule has 1 atom stereocenters. The number of hydrogen-bond acceptors (Lipinski definition) is 5. The molecule has 5 nitrogen and oxygen atoms in total. The summed E-state index contributed by atoms with van der Waals surface area (Å²) in [6.45, 7) is 0.559. The molecule has 2 rings (SSSR count). The first-order valence-electron chi connectivity index (χ1n) is 5.20. The van der Waals surface area contributed by atoms with Crippen LogP contribution in [0.1, 0.15) is 0 Å². The maximum Gasteiger partial charge on any atom is 0.407 e. The van der Waals surface area contributed by atoms with Gasteiger partial charge in [-0.2, -0.15) is 0 Å². The minimum Gasteiger partial charge on any atom is -0.496 e. The second-order valence-electron chi connectivity index (χ2n) is 3.63. The molecule has 1 heterocycles. The van der Waals surface area contributed by atoms with Crippen LogP contribution in [0.25, 0.3) is 0 Å². The van der Waals surface area contributed by atoms with Gasteiger partial charge in [0, 0.05) is 22.4 Å². The van der Waals surface area contributed by atoms with Gasteiger partial charge in [-0.25, -0.2) is 4.79 Å². The Bertz CT molecular complexity index is 425. The Morgan fingerprint density at radius 2 is 2.47 bits per heavy atom. The van der Waals surface area contributed by atoms with E-state index in [-0.39, 0.29) is 12.2 Å². The molecule has 1 aliphatic heterocycles. The lowest BCUT2D eigenvalue weighted by atomic mass is 10.3.